The van der Waals surface area contributed by atoms with Gasteiger partial charge in [0.1, 0.15) is 16.4 Å². The number of sulfonamides is 1. The lowest BCUT2D eigenvalue weighted by Crippen LogP contribution is -2.53. The number of amides is 1. The van der Waals surface area contributed by atoms with Crippen LogP contribution in [0.15, 0.2) is 23.1 Å². The highest BCUT2D eigenvalue weighted by atomic mass is 32.2. The summed E-state index contributed by atoms with van der Waals surface area (Å²) < 4.78 is 38.3. The molecular weight excluding hydrogens is 418 g/mol. The van der Waals surface area contributed by atoms with Crippen molar-refractivity contribution in [2.24, 2.45) is 5.92 Å². The molecular formula is C22H35N3O5S. The molecule has 1 aliphatic heterocycles. The third kappa shape index (κ3) is 5.51. The molecule has 0 radical (unpaired) electrons. The highest BCUT2D eigenvalue weighted by Gasteiger charge is 2.33. The van der Waals surface area contributed by atoms with Gasteiger partial charge < -0.3 is 14.4 Å². The van der Waals surface area contributed by atoms with Crippen molar-refractivity contribution in [3.05, 3.63) is 18.2 Å². The quantitative estimate of drug-likeness (QED) is 0.629. The van der Waals surface area contributed by atoms with Crippen LogP contribution in [0, 0.1) is 5.92 Å². The molecule has 1 amide bonds. The fourth-order valence-electron chi connectivity index (χ4n) is 4.43. The average molecular weight is 454 g/mol. The monoisotopic (exact) mass is 453 g/mol. The summed E-state index contributed by atoms with van der Waals surface area (Å²) in [5.74, 6) is 1.58. The first-order valence-corrected chi connectivity index (χ1v) is 12.4. The van der Waals surface area contributed by atoms with Gasteiger partial charge in [0.05, 0.1) is 20.8 Å². The molecule has 8 nitrogen and oxygen atoms in total. The Bertz CT molecular complexity index is 860. The van der Waals surface area contributed by atoms with Crippen LogP contribution in [0.4, 0.5) is 0 Å². The van der Waals surface area contributed by atoms with Gasteiger partial charge in [-0.1, -0.05) is 6.92 Å². The van der Waals surface area contributed by atoms with Crippen LogP contribution >= 0.6 is 0 Å². The highest BCUT2D eigenvalue weighted by molar-refractivity contribution is 7.89. The van der Waals surface area contributed by atoms with Gasteiger partial charge in [0.2, 0.25) is 15.9 Å². The number of ether oxygens (including phenoxy) is 2. The highest BCUT2D eigenvalue weighted by Crippen LogP contribution is 2.31. The fraction of sp³-hybridized carbons (Fsp3) is 0.682. The van der Waals surface area contributed by atoms with Crippen LogP contribution in [0.5, 0.6) is 11.5 Å². The predicted octanol–water partition coefficient (Wildman–Crippen LogP) is 2.05. The zero-order valence-corrected chi connectivity index (χ0v) is 19.9. The lowest BCUT2D eigenvalue weighted by atomic mass is 9.87. The van der Waals surface area contributed by atoms with E-state index in [4.69, 9.17) is 9.47 Å². The van der Waals surface area contributed by atoms with Crippen molar-refractivity contribution in [2.75, 3.05) is 54.0 Å². The summed E-state index contributed by atoms with van der Waals surface area (Å²) in [6.07, 6.45) is 4.71. The Morgan fingerprint density at radius 3 is 2.29 bits per heavy atom. The second kappa shape index (κ2) is 10.2. The minimum absolute atomic E-state index is 0.0668. The van der Waals surface area contributed by atoms with E-state index in [9.17, 15) is 13.2 Å². The maximum Gasteiger partial charge on any atom is 0.247 e. The molecule has 0 bridgehead atoms. The van der Waals surface area contributed by atoms with Gasteiger partial charge in [-0.2, -0.15) is 4.31 Å². The predicted molar refractivity (Wildman–Crippen MR) is 119 cm³/mol. The van der Waals surface area contributed by atoms with Crippen LogP contribution in [-0.2, 0) is 14.8 Å². The van der Waals surface area contributed by atoms with Crippen LogP contribution in [-0.4, -0.2) is 88.5 Å². The SMILES string of the molecule is COc1ccc(OC)c(S(=O)(=O)N2CCN(C(=O)CN(C)C3CCC(C)CC3)CC2)c1. The molecule has 0 spiro atoms. The Kier molecular flexibility index (Phi) is 7.82. The van der Waals surface area contributed by atoms with Crippen molar-refractivity contribution >= 4 is 15.9 Å². The molecule has 1 aliphatic carbocycles. The maximum absolute atomic E-state index is 13.2. The van der Waals surface area contributed by atoms with Crippen LogP contribution < -0.4 is 9.47 Å². The van der Waals surface area contributed by atoms with Crippen molar-refractivity contribution in [3.8, 4) is 11.5 Å². The summed E-state index contributed by atoms with van der Waals surface area (Å²) in [6, 6.07) is 5.19. The number of piperazine rings is 1. The van der Waals surface area contributed by atoms with E-state index in [1.165, 1.54) is 37.4 Å². The largest absolute Gasteiger partial charge is 0.497 e. The topological polar surface area (TPSA) is 79.4 Å². The van der Waals surface area contributed by atoms with Crippen LogP contribution in [0.3, 0.4) is 0 Å². The van der Waals surface area contributed by atoms with Gasteiger partial charge >= 0.3 is 0 Å². The Balaban J connectivity index is 1.59. The maximum atomic E-state index is 13.2. The fourth-order valence-corrected chi connectivity index (χ4v) is 6.02. The minimum Gasteiger partial charge on any atom is -0.497 e. The van der Waals surface area contributed by atoms with Gasteiger partial charge in [-0.3, -0.25) is 9.69 Å². The van der Waals surface area contributed by atoms with Crippen molar-refractivity contribution in [3.63, 3.8) is 0 Å². The number of benzene rings is 1. The van der Waals surface area contributed by atoms with E-state index >= 15 is 0 Å². The van der Waals surface area contributed by atoms with Crippen LogP contribution in [0.25, 0.3) is 0 Å². The number of hydrogen-bond acceptors (Lipinski definition) is 6. The van der Waals surface area contributed by atoms with Crippen molar-refractivity contribution in [2.45, 2.75) is 43.5 Å². The summed E-state index contributed by atoms with van der Waals surface area (Å²) in [6.45, 7) is 3.98. The molecule has 0 N–H and O–H groups in total. The van der Waals surface area contributed by atoms with Gasteiger partial charge in [0, 0.05) is 38.3 Å². The van der Waals surface area contributed by atoms with Gasteiger partial charge in [-0.05, 0) is 50.8 Å². The zero-order chi connectivity index (χ0) is 22.6. The summed E-state index contributed by atoms with van der Waals surface area (Å²) in [7, 11) is 1.21. The van der Waals surface area contributed by atoms with Gasteiger partial charge in [0.15, 0.2) is 0 Å². The summed E-state index contributed by atoms with van der Waals surface area (Å²) in [5, 5.41) is 0. The molecule has 2 fully saturated rings. The molecule has 0 atom stereocenters. The Morgan fingerprint density at radius 2 is 1.71 bits per heavy atom. The van der Waals surface area contributed by atoms with E-state index in [0.717, 1.165) is 18.8 Å². The van der Waals surface area contributed by atoms with E-state index in [1.807, 2.05) is 7.05 Å². The Labute approximate surface area is 186 Å². The normalized spacial score (nSPS) is 23.1. The molecule has 174 valence electrons. The summed E-state index contributed by atoms with van der Waals surface area (Å²) in [4.78, 5) is 16.8. The number of hydrogen-bond donors (Lipinski definition) is 0. The Hall–Kier alpha value is -1.84. The smallest absolute Gasteiger partial charge is 0.247 e. The molecule has 1 heterocycles. The van der Waals surface area contributed by atoms with E-state index in [1.54, 1.807) is 17.0 Å². The number of carbonyl (C=O) groups is 1. The molecule has 1 aromatic rings. The number of likely N-dealkylation sites (N-methyl/N-ethyl adjacent to an activating group) is 1. The van der Waals surface area contributed by atoms with Gasteiger partial charge in [-0.15, -0.1) is 0 Å². The van der Waals surface area contributed by atoms with Gasteiger partial charge in [-0.25, -0.2) is 8.42 Å². The number of nitrogens with zero attached hydrogens (tertiary/aromatic N) is 3. The molecule has 1 saturated heterocycles. The molecule has 9 heteroatoms. The lowest BCUT2D eigenvalue weighted by Gasteiger charge is -2.37. The molecule has 1 saturated carbocycles. The number of rotatable bonds is 7. The first-order valence-electron chi connectivity index (χ1n) is 11.0. The number of carbonyl (C=O) groups excluding carboxylic acids is 1. The third-order valence-electron chi connectivity index (χ3n) is 6.57. The van der Waals surface area contributed by atoms with E-state index < -0.39 is 10.0 Å². The average Bonchev–Trinajstić information content (AvgIpc) is 2.79. The van der Waals surface area contributed by atoms with Crippen molar-refractivity contribution in [1.82, 2.24) is 14.1 Å². The number of methoxy groups -OCH3 is 2. The minimum atomic E-state index is -3.75. The molecule has 0 unspecified atom stereocenters. The van der Waals surface area contributed by atoms with E-state index in [-0.39, 0.29) is 29.6 Å². The second-order valence-electron chi connectivity index (χ2n) is 8.63. The summed E-state index contributed by atoms with van der Waals surface area (Å²) >= 11 is 0. The lowest BCUT2D eigenvalue weighted by molar-refractivity contribution is -0.134. The van der Waals surface area contributed by atoms with Gasteiger partial charge in [0.25, 0.3) is 0 Å². The molecule has 1 aromatic carbocycles. The van der Waals surface area contributed by atoms with Crippen molar-refractivity contribution < 1.29 is 22.7 Å². The standard InChI is InChI=1S/C22H35N3O5S/c1-17-5-7-18(8-6-17)23(2)16-22(26)24-11-13-25(14-12-24)31(27,28)21-15-19(29-3)9-10-20(21)30-4/h9-10,15,17-18H,5-8,11-14,16H2,1-4H3. The van der Waals surface area contributed by atoms with Crippen LogP contribution in [0.1, 0.15) is 32.6 Å². The zero-order valence-electron chi connectivity index (χ0n) is 19.0. The molecule has 0 aromatic heterocycles. The Morgan fingerprint density at radius 1 is 1.06 bits per heavy atom. The second-order valence-corrected chi connectivity index (χ2v) is 10.5. The van der Waals surface area contributed by atoms with E-state index in [2.05, 4.69) is 11.8 Å². The first-order chi connectivity index (χ1) is 14.8. The molecule has 31 heavy (non-hydrogen) atoms. The first kappa shape index (κ1) is 23.8. The van der Waals surface area contributed by atoms with Crippen molar-refractivity contribution in [1.29, 1.82) is 0 Å². The molecule has 2 aliphatic rings. The third-order valence-corrected chi connectivity index (χ3v) is 8.49. The molecule has 3 rings (SSSR count). The summed E-state index contributed by atoms with van der Waals surface area (Å²) in [5.41, 5.74) is 0. The van der Waals surface area contributed by atoms with E-state index in [0.29, 0.717) is 31.4 Å². The van der Waals surface area contributed by atoms with Crippen LogP contribution in [0.2, 0.25) is 0 Å².